The van der Waals surface area contributed by atoms with Crippen molar-refractivity contribution in [2.45, 2.75) is 124 Å². The Balaban J connectivity index is 1.44. The molecule has 1 heteroatoms. The predicted molar refractivity (Wildman–Crippen MR) is 126 cm³/mol. The van der Waals surface area contributed by atoms with Gasteiger partial charge in [0.1, 0.15) is 0 Å². The van der Waals surface area contributed by atoms with Crippen LogP contribution in [0, 0.1) is 34.0 Å². The molecule has 0 aromatic heterocycles. The van der Waals surface area contributed by atoms with Crippen LogP contribution in [0.3, 0.4) is 0 Å². The summed E-state index contributed by atoms with van der Waals surface area (Å²) in [6, 6.07) is 0. The van der Waals surface area contributed by atoms with E-state index in [9.17, 15) is 0 Å². The van der Waals surface area contributed by atoms with Crippen molar-refractivity contribution in [1.29, 1.82) is 0 Å². The van der Waals surface area contributed by atoms with Gasteiger partial charge in [-0.05, 0) is 126 Å². The Morgan fingerprint density at radius 1 is 0.900 bits per heavy atom. The molecule has 1 nitrogen and oxygen atoms in total. The van der Waals surface area contributed by atoms with Gasteiger partial charge in [-0.25, -0.2) is 0 Å². The molecule has 1 heterocycles. The molecule has 0 bridgehead atoms. The van der Waals surface area contributed by atoms with E-state index in [2.05, 4.69) is 54.5 Å². The van der Waals surface area contributed by atoms with Crippen LogP contribution in [0.15, 0.2) is 22.8 Å². The average molecular weight is 411 g/mol. The fourth-order valence-corrected chi connectivity index (χ4v) is 9.79. The Kier molecular flexibility index (Phi) is 4.77. The van der Waals surface area contributed by atoms with E-state index in [0.29, 0.717) is 22.3 Å². The largest absolute Gasteiger partial charge is 0.366 e. The molecule has 5 rings (SSSR count). The standard InChI is InChI=1S/C29H46O/c1-19(2)9-8-10-20(3)21-13-17-27(5)22(21)11-12-23-26(4)16-15-25-29(7,30-25)24(26)14-18-28(23,27)6/h9,22-25H,8,10-18H2,1-7H3/t22-,23-,24+,25-,26+,27-,28-,29+/m0/s1. The summed E-state index contributed by atoms with van der Waals surface area (Å²) in [5.74, 6) is 2.52. The van der Waals surface area contributed by atoms with E-state index in [1.807, 2.05) is 5.57 Å². The van der Waals surface area contributed by atoms with Gasteiger partial charge in [0, 0.05) is 0 Å². The second-order valence-corrected chi connectivity index (χ2v) is 13.1. The first-order valence-electron chi connectivity index (χ1n) is 13.1. The fraction of sp³-hybridized carbons (Fsp3) is 0.862. The Labute approximate surface area is 186 Å². The molecule has 0 spiro atoms. The first-order valence-corrected chi connectivity index (χ1v) is 13.1. The minimum Gasteiger partial charge on any atom is -0.366 e. The van der Waals surface area contributed by atoms with Crippen LogP contribution in [0.1, 0.15) is 113 Å². The van der Waals surface area contributed by atoms with Crippen molar-refractivity contribution in [1.82, 2.24) is 0 Å². The third-order valence-electron chi connectivity index (χ3n) is 11.7. The second-order valence-electron chi connectivity index (χ2n) is 13.1. The molecule has 1 saturated heterocycles. The van der Waals surface area contributed by atoms with Crippen molar-refractivity contribution in [3.8, 4) is 0 Å². The molecule has 0 amide bonds. The highest BCUT2D eigenvalue weighted by Gasteiger charge is 2.72. The van der Waals surface area contributed by atoms with Gasteiger partial charge in [0.25, 0.3) is 0 Å². The average Bonchev–Trinajstić information content (AvgIpc) is 3.22. The van der Waals surface area contributed by atoms with E-state index in [-0.39, 0.29) is 5.60 Å². The minimum absolute atomic E-state index is 0.217. The topological polar surface area (TPSA) is 12.5 Å². The number of fused-ring (bicyclic) bond motifs is 7. The lowest BCUT2D eigenvalue weighted by atomic mass is 9.37. The van der Waals surface area contributed by atoms with Gasteiger partial charge in [-0.1, -0.05) is 43.6 Å². The van der Waals surface area contributed by atoms with Gasteiger partial charge in [0.15, 0.2) is 0 Å². The van der Waals surface area contributed by atoms with Crippen LogP contribution < -0.4 is 0 Å². The zero-order chi connectivity index (χ0) is 21.5. The number of hydrogen-bond donors (Lipinski definition) is 0. The summed E-state index contributed by atoms with van der Waals surface area (Å²) in [6.07, 6.45) is 16.7. The minimum atomic E-state index is 0.217. The van der Waals surface area contributed by atoms with E-state index in [4.69, 9.17) is 4.74 Å². The van der Waals surface area contributed by atoms with E-state index in [0.717, 1.165) is 17.8 Å². The van der Waals surface area contributed by atoms with Crippen molar-refractivity contribution in [2.24, 2.45) is 34.0 Å². The highest BCUT2D eigenvalue weighted by Crippen LogP contribution is 2.76. The number of epoxide rings is 1. The summed E-state index contributed by atoms with van der Waals surface area (Å²) in [7, 11) is 0. The molecule has 0 unspecified atom stereocenters. The van der Waals surface area contributed by atoms with Crippen LogP contribution >= 0.6 is 0 Å². The summed E-state index contributed by atoms with van der Waals surface area (Å²) < 4.78 is 6.32. The smallest absolute Gasteiger partial charge is 0.0953 e. The fourth-order valence-electron chi connectivity index (χ4n) is 9.79. The molecule has 0 N–H and O–H groups in total. The first kappa shape index (κ1) is 21.3. The van der Waals surface area contributed by atoms with Crippen LogP contribution in [0.5, 0.6) is 0 Å². The molecule has 168 valence electrons. The van der Waals surface area contributed by atoms with Crippen LogP contribution in [-0.4, -0.2) is 11.7 Å². The zero-order valence-electron chi connectivity index (χ0n) is 20.9. The Morgan fingerprint density at radius 2 is 1.67 bits per heavy atom. The predicted octanol–water partition coefficient (Wildman–Crippen LogP) is 8.25. The van der Waals surface area contributed by atoms with Gasteiger partial charge < -0.3 is 4.74 Å². The van der Waals surface area contributed by atoms with Gasteiger partial charge in [0.05, 0.1) is 11.7 Å². The first-order chi connectivity index (χ1) is 14.1. The number of rotatable bonds is 3. The molecule has 30 heavy (non-hydrogen) atoms. The zero-order valence-corrected chi connectivity index (χ0v) is 20.9. The summed E-state index contributed by atoms with van der Waals surface area (Å²) in [6.45, 7) is 17.5. The SMILES string of the molecule is CC(C)=CCCC(C)=C1CC[C@@]2(C)[C@H]1CC[C@H]1[C@@]3(C)CC[C@@H]4O[C@]4(C)[C@@H]3CC[C@@]12C. The summed E-state index contributed by atoms with van der Waals surface area (Å²) in [5.41, 5.74) is 6.77. The molecule has 5 aliphatic rings. The van der Waals surface area contributed by atoms with Crippen molar-refractivity contribution in [2.75, 3.05) is 0 Å². The lowest BCUT2D eigenvalue weighted by Crippen LogP contribution is -2.61. The van der Waals surface area contributed by atoms with E-state index < -0.39 is 0 Å². The molecular weight excluding hydrogens is 364 g/mol. The summed E-state index contributed by atoms with van der Waals surface area (Å²) in [4.78, 5) is 0. The molecule has 1 aliphatic heterocycles. The van der Waals surface area contributed by atoms with Gasteiger partial charge in [-0.3, -0.25) is 0 Å². The maximum absolute atomic E-state index is 6.32. The molecule has 0 aromatic rings. The van der Waals surface area contributed by atoms with Crippen molar-refractivity contribution < 1.29 is 4.74 Å². The maximum Gasteiger partial charge on any atom is 0.0953 e. The summed E-state index contributed by atoms with van der Waals surface area (Å²) in [5, 5.41) is 0. The van der Waals surface area contributed by atoms with Gasteiger partial charge in [-0.2, -0.15) is 0 Å². The molecule has 8 atom stereocenters. The van der Waals surface area contributed by atoms with Gasteiger partial charge in [0.2, 0.25) is 0 Å². The molecule has 4 saturated carbocycles. The van der Waals surface area contributed by atoms with E-state index in [1.54, 1.807) is 5.57 Å². The highest BCUT2D eigenvalue weighted by atomic mass is 16.6. The van der Waals surface area contributed by atoms with Crippen molar-refractivity contribution in [3.63, 3.8) is 0 Å². The van der Waals surface area contributed by atoms with Crippen LogP contribution in [0.25, 0.3) is 0 Å². The Hall–Kier alpha value is -0.560. The summed E-state index contributed by atoms with van der Waals surface area (Å²) >= 11 is 0. The Bertz CT molecular complexity index is 786. The maximum atomic E-state index is 6.32. The monoisotopic (exact) mass is 410 g/mol. The molecule has 5 fully saturated rings. The molecular formula is C29H46O. The quantitative estimate of drug-likeness (QED) is 0.337. The van der Waals surface area contributed by atoms with Gasteiger partial charge >= 0.3 is 0 Å². The molecule has 0 radical (unpaired) electrons. The second kappa shape index (κ2) is 6.72. The van der Waals surface area contributed by atoms with E-state index in [1.165, 1.54) is 69.8 Å². The normalized spacial score (nSPS) is 53.2. The number of ether oxygens (including phenoxy) is 1. The third kappa shape index (κ3) is 2.69. The Morgan fingerprint density at radius 3 is 2.40 bits per heavy atom. The highest BCUT2D eigenvalue weighted by molar-refractivity contribution is 5.29. The van der Waals surface area contributed by atoms with Crippen LogP contribution in [0.2, 0.25) is 0 Å². The lowest BCUT2D eigenvalue weighted by Gasteiger charge is -2.67. The molecule has 4 aliphatic carbocycles. The van der Waals surface area contributed by atoms with Crippen molar-refractivity contribution >= 4 is 0 Å². The number of allylic oxidation sites excluding steroid dienone is 4. The molecule has 0 aromatic carbocycles. The van der Waals surface area contributed by atoms with Crippen molar-refractivity contribution in [3.05, 3.63) is 22.8 Å². The van der Waals surface area contributed by atoms with E-state index >= 15 is 0 Å². The van der Waals surface area contributed by atoms with Gasteiger partial charge in [-0.15, -0.1) is 0 Å². The third-order valence-corrected chi connectivity index (χ3v) is 11.7. The van der Waals surface area contributed by atoms with Crippen LogP contribution in [-0.2, 0) is 4.74 Å². The number of hydrogen-bond acceptors (Lipinski definition) is 1. The lowest BCUT2D eigenvalue weighted by molar-refractivity contribution is -0.179. The van der Waals surface area contributed by atoms with Crippen LogP contribution in [0.4, 0.5) is 0 Å².